The zero-order valence-corrected chi connectivity index (χ0v) is 21.8. The number of rotatable bonds is 10. The smallest absolute Gasteiger partial charge is 0.341 e. The molecule has 0 bridgehead atoms. The maximum Gasteiger partial charge on any atom is 0.341 e. The first-order valence-corrected chi connectivity index (χ1v) is 13.0. The van der Waals surface area contributed by atoms with Crippen LogP contribution in [0.1, 0.15) is 46.4 Å². The first kappa shape index (κ1) is 26.7. The molecule has 2 aromatic heterocycles. The number of esters is 2. The number of carbonyl (C=O) groups is 4. The van der Waals surface area contributed by atoms with Crippen molar-refractivity contribution in [3.63, 3.8) is 0 Å². The Kier molecular flexibility index (Phi) is 9.25. The number of benzene rings is 1. The van der Waals surface area contributed by atoms with Gasteiger partial charge in [-0.2, -0.15) is 0 Å². The van der Waals surface area contributed by atoms with E-state index in [1.165, 1.54) is 22.7 Å². The molecule has 35 heavy (non-hydrogen) atoms. The Balaban J connectivity index is 1.53. The van der Waals surface area contributed by atoms with Crippen LogP contribution in [0.15, 0.2) is 29.6 Å². The number of hydrogen-bond donors (Lipinski definition) is 2. The highest BCUT2D eigenvalue weighted by molar-refractivity contribution is 7.21. The van der Waals surface area contributed by atoms with Crippen molar-refractivity contribution in [3.05, 3.63) is 50.7 Å². The number of nitrogens with one attached hydrogen (secondary N) is 2. The molecule has 0 atom stereocenters. The number of halogens is 1. The van der Waals surface area contributed by atoms with Crippen LogP contribution in [0.25, 0.3) is 10.1 Å². The fourth-order valence-electron chi connectivity index (χ4n) is 3.26. The SMILES string of the molecule is CCOC(=O)c1c(CC(C)C)csc1NC(=O)COC(=O)CNC(=O)c1sc2ccccc2c1Cl. The van der Waals surface area contributed by atoms with Crippen LogP contribution in [-0.2, 0) is 25.5 Å². The molecular formula is C24H25ClN2O6S2. The highest BCUT2D eigenvalue weighted by Gasteiger charge is 2.23. The van der Waals surface area contributed by atoms with Crippen LogP contribution in [0, 0.1) is 5.92 Å². The summed E-state index contributed by atoms with van der Waals surface area (Å²) in [5.41, 5.74) is 1.11. The molecule has 2 N–H and O–H groups in total. The van der Waals surface area contributed by atoms with E-state index in [-0.39, 0.29) is 6.61 Å². The summed E-state index contributed by atoms with van der Waals surface area (Å²) >= 11 is 8.71. The number of ether oxygens (including phenoxy) is 2. The maximum atomic E-state index is 12.4. The maximum absolute atomic E-state index is 12.4. The van der Waals surface area contributed by atoms with Gasteiger partial charge >= 0.3 is 11.9 Å². The van der Waals surface area contributed by atoms with Crippen molar-refractivity contribution in [2.45, 2.75) is 27.2 Å². The van der Waals surface area contributed by atoms with Crippen LogP contribution < -0.4 is 10.6 Å². The molecular weight excluding hydrogens is 512 g/mol. The number of amides is 2. The van der Waals surface area contributed by atoms with Crippen molar-refractivity contribution < 1.29 is 28.7 Å². The lowest BCUT2D eigenvalue weighted by Gasteiger charge is -2.10. The van der Waals surface area contributed by atoms with Crippen molar-refractivity contribution in [3.8, 4) is 0 Å². The molecule has 1 aromatic carbocycles. The number of anilines is 1. The Labute approximate surface area is 215 Å². The van der Waals surface area contributed by atoms with Gasteiger partial charge < -0.3 is 20.1 Å². The van der Waals surface area contributed by atoms with Crippen LogP contribution in [-0.4, -0.2) is 43.5 Å². The predicted molar refractivity (Wildman–Crippen MR) is 138 cm³/mol. The molecule has 0 spiro atoms. The molecule has 0 unspecified atom stereocenters. The van der Waals surface area contributed by atoms with E-state index in [9.17, 15) is 19.2 Å². The summed E-state index contributed by atoms with van der Waals surface area (Å²) in [6.07, 6.45) is 0.652. The van der Waals surface area contributed by atoms with E-state index in [4.69, 9.17) is 21.1 Å². The molecule has 0 fully saturated rings. The minimum absolute atomic E-state index is 0.208. The van der Waals surface area contributed by atoms with Gasteiger partial charge in [-0.15, -0.1) is 22.7 Å². The standard InChI is InChI=1S/C24H25ClN2O6S2/c1-4-32-24(31)19-14(9-13(2)3)12-34-23(19)27-17(28)11-33-18(29)10-26-22(30)21-20(25)15-7-5-6-8-16(15)35-21/h5-8,12-13H,4,9-11H2,1-3H3,(H,26,30)(H,27,28). The number of hydrogen-bond acceptors (Lipinski definition) is 8. The van der Waals surface area contributed by atoms with Gasteiger partial charge in [0.15, 0.2) is 6.61 Å². The summed E-state index contributed by atoms with van der Waals surface area (Å²) in [6.45, 7) is 4.97. The third-order valence-electron chi connectivity index (χ3n) is 4.73. The number of fused-ring (bicyclic) bond motifs is 1. The van der Waals surface area contributed by atoms with Gasteiger partial charge in [0.2, 0.25) is 0 Å². The van der Waals surface area contributed by atoms with E-state index in [0.717, 1.165) is 15.6 Å². The van der Waals surface area contributed by atoms with E-state index in [2.05, 4.69) is 10.6 Å². The zero-order valence-electron chi connectivity index (χ0n) is 19.4. The molecule has 3 rings (SSSR count). The molecule has 8 nitrogen and oxygen atoms in total. The highest BCUT2D eigenvalue weighted by Crippen LogP contribution is 2.35. The normalized spacial score (nSPS) is 10.9. The van der Waals surface area contributed by atoms with E-state index in [0.29, 0.717) is 32.8 Å². The van der Waals surface area contributed by atoms with Crippen molar-refractivity contribution in [2.75, 3.05) is 25.1 Å². The van der Waals surface area contributed by atoms with Gasteiger partial charge in [-0.3, -0.25) is 14.4 Å². The largest absolute Gasteiger partial charge is 0.462 e. The van der Waals surface area contributed by atoms with Gasteiger partial charge in [0, 0.05) is 10.1 Å². The summed E-state index contributed by atoms with van der Waals surface area (Å²) < 4.78 is 10.9. The van der Waals surface area contributed by atoms with Gasteiger partial charge in [-0.05, 0) is 36.3 Å². The Morgan fingerprint density at radius 2 is 1.86 bits per heavy atom. The second-order valence-electron chi connectivity index (χ2n) is 7.92. The van der Waals surface area contributed by atoms with Gasteiger partial charge in [0.05, 0.1) is 17.2 Å². The quantitative estimate of drug-likeness (QED) is 0.356. The second-order valence-corrected chi connectivity index (χ2v) is 10.2. The fraction of sp³-hybridized carbons (Fsp3) is 0.333. The monoisotopic (exact) mass is 536 g/mol. The molecule has 186 valence electrons. The third-order valence-corrected chi connectivity index (χ3v) is 7.34. The van der Waals surface area contributed by atoms with E-state index in [1.807, 2.05) is 43.5 Å². The molecule has 0 aliphatic rings. The minimum atomic E-state index is -0.789. The molecule has 3 aromatic rings. The van der Waals surface area contributed by atoms with Crippen LogP contribution in [0.2, 0.25) is 5.02 Å². The van der Waals surface area contributed by atoms with Crippen LogP contribution in [0.4, 0.5) is 5.00 Å². The summed E-state index contributed by atoms with van der Waals surface area (Å²) in [5, 5.41) is 8.29. The Morgan fingerprint density at radius 3 is 2.54 bits per heavy atom. The molecule has 0 saturated heterocycles. The average molecular weight is 537 g/mol. The van der Waals surface area contributed by atoms with Crippen LogP contribution >= 0.6 is 34.3 Å². The lowest BCUT2D eigenvalue weighted by Crippen LogP contribution is -2.32. The molecule has 2 amide bonds. The van der Waals surface area contributed by atoms with Gasteiger partial charge in [0.1, 0.15) is 16.4 Å². The third kappa shape index (κ3) is 6.81. The second kappa shape index (κ2) is 12.1. The predicted octanol–water partition coefficient (Wildman–Crippen LogP) is 4.90. The van der Waals surface area contributed by atoms with E-state index < -0.39 is 36.9 Å². The Hall–Kier alpha value is -2.95. The van der Waals surface area contributed by atoms with Crippen LogP contribution in [0.3, 0.4) is 0 Å². The first-order chi connectivity index (χ1) is 16.7. The summed E-state index contributed by atoms with van der Waals surface area (Å²) in [7, 11) is 0. The lowest BCUT2D eigenvalue weighted by molar-refractivity contribution is -0.146. The summed E-state index contributed by atoms with van der Waals surface area (Å²) in [6, 6.07) is 7.32. The Bertz CT molecular complexity index is 1250. The summed E-state index contributed by atoms with van der Waals surface area (Å²) in [5.74, 6) is -2.11. The first-order valence-electron chi connectivity index (χ1n) is 10.9. The number of carbonyl (C=O) groups excluding carboxylic acids is 4. The zero-order chi connectivity index (χ0) is 25.5. The van der Waals surface area contributed by atoms with Gasteiger partial charge in [-0.1, -0.05) is 43.6 Å². The summed E-state index contributed by atoms with van der Waals surface area (Å²) in [4.78, 5) is 49.6. The molecule has 11 heteroatoms. The Morgan fingerprint density at radius 1 is 1.11 bits per heavy atom. The van der Waals surface area contributed by atoms with Crippen molar-refractivity contribution in [1.29, 1.82) is 0 Å². The molecule has 0 aliphatic carbocycles. The fourth-order valence-corrected chi connectivity index (χ4v) is 5.67. The molecule has 0 radical (unpaired) electrons. The van der Waals surface area contributed by atoms with Crippen molar-refractivity contribution in [2.24, 2.45) is 5.92 Å². The van der Waals surface area contributed by atoms with Crippen LogP contribution in [0.5, 0.6) is 0 Å². The van der Waals surface area contributed by atoms with Crippen molar-refractivity contribution >= 4 is 73.1 Å². The average Bonchev–Trinajstić information content (AvgIpc) is 3.36. The highest BCUT2D eigenvalue weighted by atomic mass is 35.5. The van der Waals surface area contributed by atoms with Gasteiger partial charge in [-0.25, -0.2) is 4.79 Å². The lowest BCUT2D eigenvalue weighted by atomic mass is 10.0. The van der Waals surface area contributed by atoms with Gasteiger partial charge in [0.25, 0.3) is 11.8 Å². The molecule has 0 aliphatic heterocycles. The van der Waals surface area contributed by atoms with E-state index >= 15 is 0 Å². The minimum Gasteiger partial charge on any atom is -0.462 e. The van der Waals surface area contributed by atoms with E-state index in [1.54, 1.807) is 6.92 Å². The van der Waals surface area contributed by atoms with Crippen molar-refractivity contribution in [1.82, 2.24) is 5.32 Å². The molecule has 0 saturated carbocycles. The topological polar surface area (TPSA) is 111 Å². The number of thiophene rings is 2. The molecule has 2 heterocycles.